The number of fused-ring (bicyclic) bond motifs is 1. The minimum Gasteiger partial charge on any atom is -0.391 e. The van der Waals surface area contributed by atoms with E-state index >= 15 is 0 Å². The number of nitrogens with one attached hydrogen (secondary N) is 2. The molecule has 3 aromatic rings. The molecule has 7 nitrogen and oxygen atoms in total. The molecule has 0 unspecified atom stereocenters. The van der Waals surface area contributed by atoms with Crippen LogP contribution >= 0.6 is 11.3 Å². The van der Waals surface area contributed by atoms with Crippen LogP contribution in [-0.4, -0.2) is 67.3 Å². The normalized spacial score (nSPS) is 23.9. The molecule has 3 N–H and O–H groups in total. The number of hydrogen-bond donors (Lipinski definition) is 3. The van der Waals surface area contributed by atoms with Crippen LogP contribution in [0.2, 0.25) is 0 Å². The fraction of sp³-hybridized carbons (Fsp3) is 0.375. The zero-order valence-corrected chi connectivity index (χ0v) is 19.0. The molecule has 1 aromatic heterocycles. The quantitative estimate of drug-likeness (QED) is 0.464. The second kappa shape index (κ2) is 8.71. The Hall–Kier alpha value is -2.65. The predicted octanol–water partition coefficient (Wildman–Crippen LogP) is -0.321. The molecule has 0 bridgehead atoms. The van der Waals surface area contributed by atoms with Gasteiger partial charge in [-0.25, -0.2) is 9.88 Å². The number of hydrogen-bond acceptors (Lipinski definition) is 5. The molecule has 0 aliphatic carbocycles. The Kier molecular flexibility index (Phi) is 5.77. The van der Waals surface area contributed by atoms with E-state index in [0.717, 1.165) is 53.5 Å². The Bertz CT molecular complexity index is 1150. The van der Waals surface area contributed by atoms with Crippen LogP contribution in [-0.2, 0) is 9.59 Å². The van der Waals surface area contributed by atoms with Crippen molar-refractivity contribution in [2.45, 2.75) is 19.4 Å². The molecule has 8 heteroatoms. The number of aliphatic hydroxyl groups is 1. The van der Waals surface area contributed by atoms with Crippen molar-refractivity contribution in [1.82, 2.24) is 4.98 Å². The van der Waals surface area contributed by atoms with E-state index in [1.54, 1.807) is 11.3 Å². The first-order valence-electron chi connectivity index (χ1n) is 11.2. The second-order valence-electron chi connectivity index (χ2n) is 8.74. The van der Waals surface area contributed by atoms with E-state index in [4.69, 9.17) is 10.1 Å². The highest BCUT2D eigenvalue weighted by Gasteiger charge is 2.46. The molecule has 0 spiro atoms. The van der Waals surface area contributed by atoms with Crippen LogP contribution < -0.4 is 14.7 Å². The third-order valence-corrected chi connectivity index (χ3v) is 7.69. The van der Waals surface area contributed by atoms with Gasteiger partial charge in [-0.3, -0.25) is 9.59 Å². The summed E-state index contributed by atoms with van der Waals surface area (Å²) in [5.41, 5.74) is 3.81. The lowest BCUT2D eigenvalue weighted by molar-refractivity contribution is -1.02. The van der Waals surface area contributed by atoms with Gasteiger partial charge in [-0.2, -0.15) is 0 Å². The minimum absolute atomic E-state index is 0.0983. The first kappa shape index (κ1) is 21.2. The van der Waals surface area contributed by atoms with Crippen molar-refractivity contribution in [3.8, 4) is 10.6 Å². The summed E-state index contributed by atoms with van der Waals surface area (Å²) in [7, 11) is 0. The van der Waals surface area contributed by atoms with Crippen molar-refractivity contribution in [3.63, 3.8) is 0 Å². The Balaban J connectivity index is 1.31. The Labute approximate surface area is 190 Å². The van der Waals surface area contributed by atoms with E-state index in [1.165, 1.54) is 20.3 Å². The summed E-state index contributed by atoms with van der Waals surface area (Å²) in [6.45, 7) is 6.55. The lowest BCUT2D eigenvalue weighted by Crippen LogP contribution is -3.30. The van der Waals surface area contributed by atoms with Gasteiger partial charge in [0.05, 0.1) is 28.9 Å². The maximum absolute atomic E-state index is 13.2. The number of amides is 2. The lowest BCUT2D eigenvalue weighted by atomic mass is 10.1. The highest BCUT2D eigenvalue weighted by atomic mass is 32.1. The number of anilines is 1. The molecule has 2 aliphatic rings. The number of aryl methyl sites for hydroxylation is 1. The van der Waals surface area contributed by atoms with E-state index in [0.29, 0.717) is 5.69 Å². The molecule has 32 heavy (non-hydrogen) atoms. The Morgan fingerprint density at radius 1 is 1.09 bits per heavy atom. The highest BCUT2D eigenvalue weighted by molar-refractivity contribution is 7.21. The molecule has 2 saturated heterocycles. The third-order valence-electron chi connectivity index (χ3n) is 6.62. The number of quaternary nitrogens is 2. The van der Waals surface area contributed by atoms with Gasteiger partial charge in [0.25, 0.3) is 5.91 Å². The van der Waals surface area contributed by atoms with E-state index in [-0.39, 0.29) is 30.9 Å². The van der Waals surface area contributed by atoms with Crippen molar-refractivity contribution >= 4 is 39.1 Å². The SMILES string of the molecule is Cc1ccc2nc(-c3ccc(N4C(=O)C[C@H]([NH+]5CC[NH+](CCO)CC5)C4=O)cc3)sc2c1. The zero-order chi connectivity index (χ0) is 22.2. The van der Waals surface area contributed by atoms with Crippen LogP contribution in [0.25, 0.3) is 20.8 Å². The number of thiazole rings is 1. The first-order chi connectivity index (χ1) is 15.5. The van der Waals surface area contributed by atoms with E-state index in [2.05, 4.69) is 19.1 Å². The molecule has 2 fully saturated rings. The lowest BCUT2D eigenvalue weighted by Gasteiger charge is -2.31. The van der Waals surface area contributed by atoms with E-state index in [1.807, 2.05) is 30.3 Å². The summed E-state index contributed by atoms with van der Waals surface area (Å²) in [5.74, 6) is -0.223. The summed E-state index contributed by atoms with van der Waals surface area (Å²) in [6.07, 6.45) is 0.266. The Morgan fingerprint density at radius 2 is 1.84 bits per heavy atom. The van der Waals surface area contributed by atoms with Crippen LogP contribution in [0.4, 0.5) is 5.69 Å². The number of piperazine rings is 1. The van der Waals surface area contributed by atoms with Gasteiger partial charge in [0.15, 0.2) is 6.04 Å². The maximum atomic E-state index is 13.2. The third kappa shape index (κ3) is 3.95. The van der Waals surface area contributed by atoms with Crippen molar-refractivity contribution in [2.75, 3.05) is 44.2 Å². The number of carbonyl (C=O) groups excluding carboxylic acids is 2. The van der Waals surface area contributed by atoms with E-state index < -0.39 is 0 Å². The second-order valence-corrected chi connectivity index (χ2v) is 9.77. The number of rotatable bonds is 5. The molecule has 1 atom stereocenters. The molecular formula is C24H28N4O3S+2. The number of benzene rings is 2. The van der Waals surface area contributed by atoms with Gasteiger partial charge in [0, 0.05) is 5.56 Å². The largest absolute Gasteiger partial charge is 0.391 e. The molecule has 2 aromatic carbocycles. The van der Waals surface area contributed by atoms with Gasteiger partial charge < -0.3 is 14.9 Å². The fourth-order valence-electron chi connectivity index (χ4n) is 4.81. The van der Waals surface area contributed by atoms with Gasteiger partial charge in [-0.05, 0) is 48.9 Å². The van der Waals surface area contributed by atoms with Crippen LogP contribution in [0.1, 0.15) is 12.0 Å². The molecule has 2 aliphatic heterocycles. The summed E-state index contributed by atoms with van der Waals surface area (Å²) >= 11 is 1.65. The van der Waals surface area contributed by atoms with Gasteiger partial charge in [-0.1, -0.05) is 6.07 Å². The number of nitrogens with zero attached hydrogens (tertiary/aromatic N) is 2. The fourth-order valence-corrected chi connectivity index (χ4v) is 5.88. The highest BCUT2D eigenvalue weighted by Crippen LogP contribution is 2.32. The van der Waals surface area contributed by atoms with Crippen molar-refractivity contribution < 1.29 is 24.5 Å². The van der Waals surface area contributed by atoms with Crippen LogP contribution in [0.3, 0.4) is 0 Å². The summed E-state index contributed by atoms with van der Waals surface area (Å²) in [4.78, 5) is 34.5. The molecule has 2 amide bonds. The number of aromatic nitrogens is 1. The molecule has 0 radical (unpaired) electrons. The minimum atomic E-state index is -0.301. The van der Waals surface area contributed by atoms with Gasteiger partial charge in [0.1, 0.15) is 37.7 Å². The molecule has 3 heterocycles. The van der Waals surface area contributed by atoms with E-state index in [9.17, 15) is 9.59 Å². The van der Waals surface area contributed by atoms with Gasteiger partial charge in [-0.15, -0.1) is 11.3 Å². The monoisotopic (exact) mass is 452 g/mol. The van der Waals surface area contributed by atoms with Gasteiger partial charge >= 0.3 is 0 Å². The smallest absolute Gasteiger partial charge is 0.292 e. The summed E-state index contributed by atoms with van der Waals surface area (Å²) in [6, 6.07) is 13.5. The average molecular weight is 453 g/mol. The van der Waals surface area contributed by atoms with Crippen LogP contribution in [0.15, 0.2) is 42.5 Å². The Morgan fingerprint density at radius 3 is 2.56 bits per heavy atom. The standard InChI is InChI=1S/C24H26N4O3S/c1-16-2-7-19-21(14-16)32-23(25-19)17-3-5-18(6-4-17)28-22(30)15-20(24(28)31)27-10-8-26(9-11-27)12-13-29/h2-7,14,20,29H,8-13,15H2,1H3/p+2/t20-/m0/s1. The topological polar surface area (TPSA) is 79.4 Å². The van der Waals surface area contributed by atoms with Crippen molar-refractivity contribution in [1.29, 1.82) is 0 Å². The average Bonchev–Trinajstić information content (AvgIpc) is 3.34. The number of imide groups is 1. The number of carbonyl (C=O) groups is 2. The van der Waals surface area contributed by atoms with Crippen molar-refractivity contribution in [3.05, 3.63) is 48.0 Å². The number of aliphatic hydroxyl groups excluding tert-OH is 1. The molecule has 5 rings (SSSR count). The summed E-state index contributed by atoms with van der Waals surface area (Å²) < 4.78 is 1.15. The molecule has 166 valence electrons. The molecular weight excluding hydrogens is 424 g/mol. The maximum Gasteiger partial charge on any atom is 0.292 e. The van der Waals surface area contributed by atoms with Crippen LogP contribution in [0.5, 0.6) is 0 Å². The van der Waals surface area contributed by atoms with Gasteiger partial charge in [0.2, 0.25) is 5.91 Å². The predicted molar refractivity (Wildman–Crippen MR) is 124 cm³/mol. The first-order valence-corrected chi connectivity index (χ1v) is 12.0. The van der Waals surface area contributed by atoms with Crippen molar-refractivity contribution in [2.24, 2.45) is 0 Å². The zero-order valence-electron chi connectivity index (χ0n) is 18.1. The van der Waals surface area contributed by atoms with Crippen LogP contribution in [0, 0.1) is 6.92 Å². The molecule has 0 saturated carbocycles. The summed E-state index contributed by atoms with van der Waals surface area (Å²) in [5, 5.41) is 10.1.